The summed E-state index contributed by atoms with van der Waals surface area (Å²) in [6.45, 7) is 1.84. The Labute approximate surface area is 132 Å². The number of halogens is 1. The average molecular weight is 343 g/mol. The molecule has 9 heteroatoms. The minimum absolute atomic E-state index is 0.0136. The number of unbranched alkanes of at least 4 members (excludes halogenated alkanes) is 1. The molecule has 0 fully saturated rings. The molecule has 0 spiro atoms. The highest BCUT2D eigenvalue weighted by Gasteiger charge is 2.11. The second-order valence-corrected chi connectivity index (χ2v) is 7.07. The molecule has 1 heterocycles. The molecule has 0 saturated carbocycles. The molecule has 0 radical (unpaired) electrons. The Morgan fingerprint density at radius 2 is 2.04 bits per heavy atom. The number of nitrogens with one attached hydrogen (secondary N) is 2. The molecule has 1 aromatic heterocycles. The van der Waals surface area contributed by atoms with Gasteiger partial charge in [0.15, 0.2) is 0 Å². The lowest BCUT2D eigenvalue weighted by Gasteiger charge is -2.11. The average Bonchev–Trinajstić information content (AvgIpc) is 2.49. The number of H-pyrrole nitrogens is 1. The van der Waals surface area contributed by atoms with E-state index in [9.17, 15) is 22.4 Å². The lowest BCUT2D eigenvalue weighted by atomic mass is 10.3. The van der Waals surface area contributed by atoms with Crippen LogP contribution in [0.5, 0.6) is 0 Å². The van der Waals surface area contributed by atoms with E-state index in [0.29, 0.717) is 11.9 Å². The minimum Gasteiger partial charge on any atom is -0.316 e. The number of rotatable bonds is 7. The Morgan fingerprint density at radius 3 is 2.74 bits per heavy atom. The lowest BCUT2D eigenvalue weighted by Crippen LogP contribution is -2.39. The van der Waals surface area contributed by atoms with E-state index in [2.05, 4.69) is 9.71 Å². The Balaban J connectivity index is 2.25. The normalized spacial score (nSPS) is 11.9. The van der Waals surface area contributed by atoms with Gasteiger partial charge in [0.25, 0.3) is 0 Å². The Morgan fingerprint density at radius 1 is 1.30 bits per heavy atom. The molecule has 0 saturated heterocycles. The van der Waals surface area contributed by atoms with E-state index < -0.39 is 27.0 Å². The third-order valence-corrected chi connectivity index (χ3v) is 4.83. The van der Waals surface area contributed by atoms with Gasteiger partial charge >= 0.3 is 11.1 Å². The highest BCUT2D eigenvalue weighted by Crippen LogP contribution is 2.10. The van der Waals surface area contributed by atoms with Crippen LogP contribution < -0.4 is 15.8 Å². The van der Waals surface area contributed by atoms with Crippen molar-refractivity contribution < 1.29 is 12.8 Å². The summed E-state index contributed by atoms with van der Waals surface area (Å²) in [5.74, 6) is -0.529. The number of hydrogen-bond acceptors (Lipinski definition) is 4. The van der Waals surface area contributed by atoms with Crippen LogP contribution in [0.3, 0.4) is 0 Å². The summed E-state index contributed by atoms with van der Waals surface area (Å²) in [6.07, 6.45) is 1.30. The largest absolute Gasteiger partial charge is 0.316 e. The van der Waals surface area contributed by atoms with Crippen molar-refractivity contribution in [3.63, 3.8) is 0 Å². The van der Waals surface area contributed by atoms with Crippen LogP contribution in [0.4, 0.5) is 4.39 Å². The van der Waals surface area contributed by atoms with Crippen molar-refractivity contribution >= 4 is 21.1 Å². The minimum atomic E-state index is -3.41. The number of aromatic amines is 1. The van der Waals surface area contributed by atoms with Crippen LogP contribution >= 0.6 is 0 Å². The van der Waals surface area contributed by atoms with Crippen LogP contribution in [0.25, 0.3) is 11.0 Å². The zero-order valence-electron chi connectivity index (χ0n) is 12.6. The fourth-order valence-corrected chi connectivity index (χ4v) is 3.41. The number of benzene rings is 1. The maximum absolute atomic E-state index is 13.2. The fourth-order valence-electron chi connectivity index (χ4n) is 2.19. The molecule has 0 bridgehead atoms. The van der Waals surface area contributed by atoms with E-state index in [1.54, 1.807) is 0 Å². The van der Waals surface area contributed by atoms with Gasteiger partial charge in [0, 0.05) is 13.1 Å². The zero-order chi connectivity index (χ0) is 17.0. The van der Waals surface area contributed by atoms with Crippen molar-refractivity contribution in [2.75, 3.05) is 12.3 Å². The van der Waals surface area contributed by atoms with Gasteiger partial charge in [-0.15, -0.1) is 0 Å². The van der Waals surface area contributed by atoms with Gasteiger partial charge in [0.2, 0.25) is 10.0 Å². The molecule has 2 rings (SSSR count). The van der Waals surface area contributed by atoms with E-state index in [1.807, 2.05) is 6.92 Å². The second-order valence-electron chi connectivity index (χ2n) is 5.14. The van der Waals surface area contributed by atoms with Crippen molar-refractivity contribution in [2.45, 2.75) is 26.3 Å². The van der Waals surface area contributed by atoms with Crippen LogP contribution in [-0.4, -0.2) is 30.3 Å². The summed E-state index contributed by atoms with van der Waals surface area (Å²) in [5.41, 5.74) is -1.17. The van der Waals surface area contributed by atoms with Crippen LogP contribution in [-0.2, 0) is 16.6 Å². The van der Waals surface area contributed by atoms with Crippen molar-refractivity contribution in [3.8, 4) is 0 Å². The number of nitrogens with zero attached hydrogens (tertiary/aromatic N) is 1. The van der Waals surface area contributed by atoms with Gasteiger partial charge in [-0.25, -0.2) is 17.5 Å². The molecule has 0 aliphatic rings. The summed E-state index contributed by atoms with van der Waals surface area (Å²) < 4.78 is 40.2. The maximum atomic E-state index is 13.2. The Kier molecular flexibility index (Phi) is 5.32. The quantitative estimate of drug-likeness (QED) is 0.717. The zero-order valence-corrected chi connectivity index (χ0v) is 13.5. The standard InChI is InChI=1S/C14H18FN3O4S/c1-2-3-8-23(21,22)16-6-7-18-12-5-4-10(15)9-11(12)17-13(19)14(18)20/h4-5,9,16H,2-3,6-8H2,1H3,(H,17,19). The molecule has 1 aromatic carbocycles. The summed E-state index contributed by atoms with van der Waals surface area (Å²) in [4.78, 5) is 25.9. The van der Waals surface area contributed by atoms with Gasteiger partial charge < -0.3 is 9.55 Å². The first kappa shape index (κ1) is 17.4. The first-order valence-corrected chi connectivity index (χ1v) is 8.89. The van der Waals surface area contributed by atoms with Gasteiger partial charge in [-0.3, -0.25) is 9.59 Å². The van der Waals surface area contributed by atoms with Crippen LogP contribution in [0.1, 0.15) is 19.8 Å². The van der Waals surface area contributed by atoms with E-state index >= 15 is 0 Å². The third-order valence-electron chi connectivity index (χ3n) is 3.36. The molecular weight excluding hydrogens is 325 g/mol. The van der Waals surface area contributed by atoms with Crippen molar-refractivity contribution in [2.24, 2.45) is 0 Å². The van der Waals surface area contributed by atoms with Crippen LogP contribution in [0.2, 0.25) is 0 Å². The van der Waals surface area contributed by atoms with Gasteiger partial charge in [-0.2, -0.15) is 0 Å². The van der Waals surface area contributed by atoms with Gasteiger partial charge in [-0.05, 0) is 24.6 Å². The van der Waals surface area contributed by atoms with Crippen molar-refractivity contribution in [3.05, 3.63) is 44.7 Å². The van der Waals surface area contributed by atoms with E-state index in [-0.39, 0.29) is 24.4 Å². The molecule has 0 aliphatic heterocycles. The van der Waals surface area contributed by atoms with Crippen LogP contribution in [0, 0.1) is 5.82 Å². The lowest BCUT2D eigenvalue weighted by molar-refractivity contribution is 0.569. The monoisotopic (exact) mass is 343 g/mol. The maximum Gasteiger partial charge on any atom is 0.316 e. The summed E-state index contributed by atoms with van der Waals surface area (Å²) >= 11 is 0. The smallest absolute Gasteiger partial charge is 0.316 e. The van der Waals surface area contributed by atoms with Crippen molar-refractivity contribution in [1.29, 1.82) is 0 Å². The number of aromatic nitrogens is 2. The molecule has 0 aliphatic carbocycles. The highest BCUT2D eigenvalue weighted by atomic mass is 32.2. The summed E-state index contributed by atoms with van der Waals surface area (Å²) in [6, 6.07) is 3.65. The molecule has 0 unspecified atom stereocenters. The fraction of sp³-hybridized carbons (Fsp3) is 0.429. The van der Waals surface area contributed by atoms with Gasteiger partial charge in [-0.1, -0.05) is 13.3 Å². The molecule has 0 amide bonds. The molecule has 7 nitrogen and oxygen atoms in total. The molecule has 2 N–H and O–H groups in total. The number of hydrogen-bond donors (Lipinski definition) is 2. The molecule has 2 aromatic rings. The van der Waals surface area contributed by atoms with Crippen LogP contribution in [0.15, 0.2) is 27.8 Å². The SMILES string of the molecule is CCCCS(=O)(=O)NCCn1c(=O)c(=O)[nH]c2cc(F)ccc21. The first-order chi connectivity index (χ1) is 10.8. The Hall–Kier alpha value is -2.00. The molecule has 0 atom stereocenters. The summed E-state index contributed by atoms with van der Waals surface area (Å²) in [5, 5.41) is 0. The van der Waals surface area contributed by atoms with E-state index in [4.69, 9.17) is 0 Å². The summed E-state index contributed by atoms with van der Waals surface area (Å²) in [7, 11) is -3.41. The number of sulfonamides is 1. The molecular formula is C14H18FN3O4S. The predicted molar refractivity (Wildman–Crippen MR) is 85.5 cm³/mol. The predicted octanol–water partition coefficient (Wildman–Crippen LogP) is 0.548. The van der Waals surface area contributed by atoms with E-state index in [0.717, 1.165) is 17.1 Å². The molecule has 126 valence electrons. The second kappa shape index (κ2) is 7.05. The van der Waals surface area contributed by atoms with Crippen molar-refractivity contribution in [1.82, 2.24) is 14.3 Å². The molecule has 23 heavy (non-hydrogen) atoms. The first-order valence-electron chi connectivity index (χ1n) is 7.24. The third kappa shape index (κ3) is 4.26. The van der Waals surface area contributed by atoms with E-state index in [1.165, 1.54) is 12.1 Å². The topological polar surface area (TPSA) is 101 Å². The van der Waals surface area contributed by atoms with Gasteiger partial charge in [0.05, 0.1) is 16.8 Å². The van der Waals surface area contributed by atoms with Gasteiger partial charge in [0.1, 0.15) is 5.82 Å². The highest BCUT2D eigenvalue weighted by molar-refractivity contribution is 7.89. The number of fused-ring (bicyclic) bond motifs is 1. The Bertz CT molecular complexity index is 918.